The zero-order valence-corrected chi connectivity index (χ0v) is 24.5. The molecular weight excluding hydrogens is 675 g/mol. The SMILES string of the molecule is Nc1c(S(=O)(=O)O)cc(Nc2ccc(NC(=O)CS(=O)(=O)O)c(S(=O)(=O)O)c2)c2c1C(=O)c1cccc(S(=O)(=O)O)c1C2=O. The van der Waals surface area contributed by atoms with Crippen molar-refractivity contribution in [2.45, 2.75) is 14.7 Å². The predicted molar refractivity (Wildman–Crippen MR) is 148 cm³/mol. The third-order valence-corrected chi connectivity index (χ3v) is 9.27. The number of nitrogen functional groups attached to an aromatic ring is 1. The molecule has 44 heavy (non-hydrogen) atoms. The van der Waals surface area contributed by atoms with Crippen molar-refractivity contribution in [3.05, 3.63) is 64.7 Å². The van der Waals surface area contributed by atoms with Gasteiger partial charge >= 0.3 is 0 Å². The van der Waals surface area contributed by atoms with E-state index in [4.69, 9.17) is 10.3 Å². The van der Waals surface area contributed by atoms with E-state index in [-0.39, 0.29) is 0 Å². The maximum atomic E-state index is 13.7. The fraction of sp³-hybridized carbons (Fsp3) is 0.0455. The number of hydrogen-bond acceptors (Lipinski definition) is 13. The second kappa shape index (κ2) is 10.7. The van der Waals surface area contributed by atoms with Crippen LogP contribution in [0.3, 0.4) is 0 Å². The van der Waals surface area contributed by atoms with Gasteiger partial charge in [0.15, 0.2) is 17.3 Å². The zero-order chi connectivity index (χ0) is 33.2. The molecule has 1 aliphatic carbocycles. The van der Waals surface area contributed by atoms with E-state index >= 15 is 0 Å². The van der Waals surface area contributed by atoms with Gasteiger partial charge in [-0.3, -0.25) is 32.6 Å². The number of nitrogens with one attached hydrogen (secondary N) is 2. The van der Waals surface area contributed by atoms with E-state index in [1.165, 1.54) is 0 Å². The zero-order valence-electron chi connectivity index (χ0n) is 21.2. The molecule has 3 aromatic rings. The maximum Gasteiger partial charge on any atom is 0.296 e. The molecular formula is C22H17N3O15S4. The summed E-state index contributed by atoms with van der Waals surface area (Å²) in [7, 11) is -20.4. The Hall–Kier alpha value is -4.29. The average Bonchev–Trinajstić information content (AvgIpc) is 2.85. The molecule has 8 N–H and O–H groups in total. The molecule has 0 unspecified atom stereocenters. The highest BCUT2D eigenvalue weighted by Gasteiger charge is 2.39. The molecule has 1 aliphatic rings. The van der Waals surface area contributed by atoms with Crippen LogP contribution in [0.1, 0.15) is 31.8 Å². The van der Waals surface area contributed by atoms with Crippen molar-refractivity contribution in [3.8, 4) is 0 Å². The van der Waals surface area contributed by atoms with Crippen molar-refractivity contribution in [1.82, 2.24) is 0 Å². The third-order valence-electron chi connectivity index (χ3n) is 5.96. The van der Waals surface area contributed by atoms with Crippen LogP contribution >= 0.6 is 0 Å². The number of carbonyl (C=O) groups excluding carboxylic acids is 3. The summed E-state index contributed by atoms with van der Waals surface area (Å²) in [5, 5.41) is 4.24. The first-order valence-corrected chi connectivity index (χ1v) is 17.2. The van der Waals surface area contributed by atoms with Gasteiger partial charge in [-0.2, -0.15) is 33.7 Å². The summed E-state index contributed by atoms with van der Waals surface area (Å²) in [5.41, 5.74) is 0.196. The lowest BCUT2D eigenvalue weighted by molar-refractivity contribution is -0.114. The Balaban J connectivity index is 1.96. The molecule has 0 atom stereocenters. The summed E-state index contributed by atoms with van der Waals surface area (Å²) in [6.45, 7) is 0. The van der Waals surface area contributed by atoms with E-state index in [2.05, 4.69) is 5.32 Å². The van der Waals surface area contributed by atoms with Gasteiger partial charge in [0.1, 0.15) is 14.7 Å². The lowest BCUT2D eigenvalue weighted by Gasteiger charge is -2.24. The number of nitrogens with two attached hydrogens (primary N) is 1. The lowest BCUT2D eigenvalue weighted by atomic mass is 9.82. The Labute approximate surface area is 247 Å². The molecule has 0 heterocycles. The van der Waals surface area contributed by atoms with Crippen molar-refractivity contribution in [1.29, 1.82) is 0 Å². The molecule has 22 heteroatoms. The second-order valence-electron chi connectivity index (χ2n) is 8.96. The van der Waals surface area contributed by atoms with Crippen LogP contribution in [0.25, 0.3) is 0 Å². The predicted octanol–water partition coefficient (Wildman–Crippen LogP) is 0.354. The van der Waals surface area contributed by atoms with Crippen molar-refractivity contribution < 1.29 is 66.3 Å². The van der Waals surface area contributed by atoms with Gasteiger partial charge < -0.3 is 16.4 Å². The minimum Gasteiger partial charge on any atom is -0.397 e. The van der Waals surface area contributed by atoms with E-state index in [0.29, 0.717) is 12.1 Å². The molecule has 0 aliphatic heterocycles. The minimum absolute atomic E-state index is 0.409. The maximum absolute atomic E-state index is 13.7. The summed E-state index contributed by atoms with van der Waals surface area (Å²) in [4.78, 5) is 35.9. The largest absolute Gasteiger partial charge is 0.397 e. The van der Waals surface area contributed by atoms with Crippen molar-refractivity contribution in [3.63, 3.8) is 0 Å². The first-order valence-electron chi connectivity index (χ1n) is 11.3. The van der Waals surface area contributed by atoms with Crippen molar-refractivity contribution in [2.24, 2.45) is 0 Å². The standard InChI is InChI=1S/C22H17N3O15S4/c23-20-15(44(38,39)40)7-12(18-19(20)21(27)10-2-1-3-13(42(32,33)34)17(10)22(18)28)24-9-4-5-11(14(6-9)43(35,36)37)25-16(26)8-41(29,30)31/h1-7,24H,8,23H2,(H,25,26)(H,29,30,31)(H,32,33,34)(H,35,36,37)(H,38,39,40). The average molecular weight is 692 g/mol. The first kappa shape index (κ1) is 32.6. The number of benzene rings is 3. The Bertz CT molecular complexity index is 2260. The van der Waals surface area contributed by atoms with Gasteiger partial charge in [-0.15, -0.1) is 0 Å². The number of rotatable bonds is 8. The lowest BCUT2D eigenvalue weighted by Crippen LogP contribution is -2.27. The van der Waals surface area contributed by atoms with E-state index in [1.54, 1.807) is 0 Å². The van der Waals surface area contributed by atoms with Gasteiger partial charge in [-0.1, -0.05) is 12.1 Å². The number of hydrogen-bond donors (Lipinski definition) is 7. The van der Waals surface area contributed by atoms with Gasteiger partial charge in [-0.25, -0.2) is 0 Å². The summed E-state index contributed by atoms with van der Waals surface area (Å²) in [6, 6.07) is 5.74. The molecule has 18 nitrogen and oxygen atoms in total. The van der Waals surface area contributed by atoms with Crippen molar-refractivity contribution >= 4 is 80.7 Å². The molecule has 0 saturated heterocycles. The van der Waals surface area contributed by atoms with Crippen LogP contribution in [0, 0.1) is 0 Å². The quantitative estimate of drug-likeness (QED) is 0.0968. The van der Waals surface area contributed by atoms with Crippen LogP contribution in [-0.2, 0) is 45.3 Å². The fourth-order valence-electron chi connectivity index (χ4n) is 4.31. The molecule has 0 saturated carbocycles. The highest BCUT2D eigenvalue weighted by molar-refractivity contribution is 7.87. The molecule has 0 aromatic heterocycles. The van der Waals surface area contributed by atoms with Gasteiger partial charge in [0, 0.05) is 11.3 Å². The van der Waals surface area contributed by atoms with Crippen LogP contribution in [0.5, 0.6) is 0 Å². The summed E-state index contributed by atoms with van der Waals surface area (Å²) in [6.07, 6.45) is 0. The third kappa shape index (κ3) is 6.31. The number of anilines is 4. The summed E-state index contributed by atoms with van der Waals surface area (Å²) in [5.74, 6) is -5.37. The molecule has 0 spiro atoms. The first-order chi connectivity index (χ1) is 20.0. The normalized spacial score (nSPS) is 13.6. The van der Waals surface area contributed by atoms with Gasteiger partial charge in [0.05, 0.1) is 33.8 Å². The van der Waals surface area contributed by atoms with Gasteiger partial charge in [-0.05, 0) is 30.3 Å². The van der Waals surface area contributed by atoms with E-state index in [9.17, 15) is 61.7 Å². The van der Waals surface area contributed by atoms with Gasteiger partial charge in [0.2, 0.25) is 5.91 Å². The molecule has 0 bridgehead atoms. The molecule has 1 amide bonds. The molecule has 3 aromatic carbocycles. The van der Waals surface area contributed by atoms with E-state index < -0.39 is 123 Å². The fourth-order valence-corrected chi connectivity index (χ4v) is 6.74. The van der Waals surface area contributed by atoms with Gasteiger partial charge in [0.25, 0.3) is 40.5 Å². The number of ketones is 2. The second-order valence-corrected chi connectivity index (χ2v) is 14.6. The Morgan fingerprint density at radius 3 is 1.82 bits per heavy atom. The van der Waals surface area contributed by atoms with E-state index in [0.717, 1.165) is 30.3 Å². The molecule has 234 valence electrons. The molecule has 0 radical (unpaired) electrons. The summed E-state index contributed by atoms with van der Waals surface area (Å²) >= 11 is 0. The van der Waals surface area contributed by atoms with Crippen LogP contribution in [0.4, 0.5) is 22.7 Å². The highest BCUT2D eigenvalue weighted by Crippen LogP contribution is 2.42. The van der Waals surface area contributed by atoms with E-state index in [1.807, 2.05) is 5.32 Å². The van der Waals surface area contributed by atoms with Crippen LogP contribution in [-0.4, -0.2) is 75.1 Å². The van der Waals surface area contributed by atoms with Crippen LogP contribution in [0.15, 0.2) is 57.2 Å². The number of carbonyl (C=O) groups is 3. The summed E-state index contributed by atoms with van der Waals surface area (Å²) < 4.78 is 132. The topological polar surface area (TPSA) is 319 Å². The Morgan fingerprint density at radius 1 is 0.682 bits per heavy atom. The smallest absolute Gasteiger partial charge is 0.296 e. The van der Waals surface area contributed by atoms with Crippen LogP contribution < -0.4 is 16.4 Å². The Morgan fingerprint density at radius 2 is 1.27 bits per heavy atom. The monoisotopic (exact) mass is 691 g/mol. The minimum atomic E-state index is -5.22. The Kier molecular flexibility index (Phi) is 7.94. The number of amides is 1. The highest BCUT2D eigenvalue weighted by atomic mass is 32.2. The number of fused-ring (bicyclic) bond motifs is 2. The molecule has 4 rings (SSSR count). The van der Waals surface area contributed by atoms with Crippen LogP contribution in [0.2, 0.25) is 0 Å². The van der Waals surface area contributed by atoms with Crippen molar-refractivity contribution in [2.75, 3.05) is 22.1 Å². The molecule has 0 fully saturated rings.